The Morgan fingerprint density at radius 3 is 2.53 bits per heavy atom. The van der Waals surface area contributed by atoms with E-state index in [1.165, 1.54) is 43.5 Å². The van der Waals surface area contributed by atoms with Crippen molar-refractivity contribution in [2.45, 2.75) is 45.1 Å². The van der Waals surface area contributed by atoms with Crippen molar-refractivity contribution in [3.8, 4) is 11.8 Å². The Labute approximate surface area is 113 Å². The van der Waals surface area contributed by atoms with E-state index >= 15 is 0 Å². The maximum Gasteiger partial charge on any atom is 0.269 e. The predicted octanol–water partition coefficient (Wildman–Crippen LogP) is 3.60. The number of aliphatic hydroxyl groups is 1. The molecule has 0 amide bonds. The van der Waals surface area contributed by atoms with E-state index in [1.54, 1.807) is 0 Å². The second-order valence-electron chi connectivity index (χ2n) is 4.38. The first-order chi connectivity index (χ1) is 9.15. The van der Waals surface area contributed by atoms with Crippen LogP contribution in [0, 0.1) is 22.0 Å². The van der Waals surface area contributed by atoms with Crippen LogP contribution in [-0.4, -0.2) is 10.0 Å². The average Bonchev–Trinajstić information content (AvgIpc) is 2.42. The summed E-state index contributed by atoms with van der Waals surface area (Å²) < 4.78 is 0. The fraction of sp³-hybridized carbons (Fsp3) is 0.467. The Morgan fingerprint density at radius 2 is 1.95 bits per heavy atom. The first kappa shape index (κ1) is 15.2. The number of unbranched alkanes of at least 4 members (excludes halogenated alkanes) is 4. The number of aliphatic hydroxyl groups excluding tert-OH is 1. The molecule has 0 fully saturated rings. The minimum atomic E-state index is -0.869. The van der Waals surface area contributed by atoms with Gasteiger partial charge in [0.05, 0.1) is 4.92 Å². The van der Waals surface area contributed by atoms with E-state index in [9.17, 15) is 15.2 Å². The van der Waals surface area contributed by atoms with Crippen molar-refractivity contribution in [3.63, 3.8) is 0 Å². The summed E-state index contributed by atoms with van der Waals surface area (Å²) in [6, 6.07) is 5.83. The fourth-order valence-electron chi connectivity index (χ4n) is 1.67. The molecule has 4 nitrogen and oxygen atoms in total. The van der Waals surface area contributed by atoms with Gasteiger partial charge in [-0.15, -0.1) is 5.92 Å². The second-order valence-corrected chi connectivity index (χ2v) is 4.38. The van der Waals surface area contributed by atoms with E-state index in [4.69, 9.17) is 0 Å². The maximum atomic E-state index is 10.5. The van der Waals surface area contributed by atoms with E-state index < -0.39 is 11.0 Å². The van der Waals surface area contributed by atoms with Crippen LogP contribution in [-0.2, 0) is 0 Å². The van der Waals surface area contributed by atoms with Gasteiger partial charge in [-0.25, -0.2) is 0 Å². The third kappa shape index (κ3) is 5.54. The molecule has 4 heteroatoms. The van der Waals surface area contributed by atoms with Gasteiger partial charge in [0.25, 0.3) is 5.69 Å². The van der Waals surface area contributed by atoms with E-state index in [0.717, 1.165) is 12.8 Å². The van der Waals surface area contributed by atoms with E-state index in [1.807, 2.05) is 0 Å². The highest BCUT2D eigenvalue weighted by Gasteiger charge is 2.07. The zero-order valence-electron chi connectivity index (χ0n) is 11.1. The topological polar surface area (TPSA) is 63.4 Å². The molecular formula is C15H19NO3. The van der Waals surface area contributed by atoms with Gasteiger partial charge in [0.2, 0.25) is 0 Å². The molecular weight excluding hydrogens is 242 g/mol. The van der Waals surface area contributed by atoms with Gasteiger partial charge >= 0.3 is 0 Å². The second kappa shape index (κ2) is 8.28. The van der Waals surface area contributed by atoms with Gasteiger partial charge < -0.3 is 5.11 Å². The van der Waals surface area contributed by atoms with E-state index in [-0.39, 0.29) is 5.69 Å². The summed E-state index contributed by atoms with van der Waals surface area (Å²) in [5, 5.41) is 20.3. The minimum absolute atomic E-state index is 0.0171. The molecule has 0 saturated heterocycles. The number of benzene rings is 1. The molecule has 19 heavy (non-hydrogen) atoms. The largest absolute Gasteiger partial charge is 0.376 e. The van der Waals surface area contributed by atoms with Crippen LogP contribution in [0.3, 0.4) is 0 Å². The summed E-state index contributed by atoms with van der Waals surface area (Å²) in [4.78, 5) is 10.0. The number of nitro groups is 1. The van der Waals surface area contributed by atoms with Gasteiger partial charge in [-0.05, 0) is 24.1 Å². The zero-order chi connectivity index (χ0) is 14.1. The standard InChI is InChI=1S/C15H19NO3/c1-2-3-4-5-6-7-8-15(17)13-9-11-14(12-10-13)16(18)19/h9-12,15,17H,2-6H2,1H3. The van der Waals surface area contributed by atoms with E-state index in [2.05, 4.69) is 18.8 Å². The lowest BCUT2D eigenvalue weighted by molar-refractivity contribution is -0.384. The highest BCUT2D eigenvalue weighted by atomic mass is 16.6. The minimum Gasteiger partial charge on any atom is -0.376 e. The zero-order valence-corrected chi connectivity index (χ0v) is 11.1. The molecule has 0 saturated carbocycles. The van der Waals surface area contributed by atoms with Crippen LogP contribution in [0.4, 0.5) is 5.69 Å². The molecule has 0 aliphatic carbocycles. The summed E-state index contributed by atoms with van der Waals surface area (Å²) in [7, 11) is 0. The summed E-state index contributed by atoms with van der Waals surface area (Å²) in [6.07, 6.45) is 4.54. The molecule has 1 rings (SSSR count). The van der Waals surface area contributed by atoms with Crippen molar-refractivity contribution in [2.24, 2.45) is 0 Å². The van der Waals surface area contributed by atoms with Gasteiger partial charge in [-0.3, -0.25) is 10.1 Å². The Morgan fingerprint density at radius 1 is 1.26 bits per heavy atom. The highest BCUT2D eigenvalue weighted by Crippen LogP contribution is 2.17. The van der Waals surface area contributed by atoms with Crippen molar-refractivity contribution in [3.05, 3.63) is 39.9 Å². The predicted molar refractivity (Wildman–Crippen MR) is 74.6 cm³/mol. The lowest BCUT2D eigenvalue weighted by atomic mass is 10.1. The van der Waals surface area contributed by atoms with Crippen LogP contribution in [0.1, 0.15) is 50.7 Å². The van der Waals surface area contributed by atoms with Gasteiger partial charge in [-0.2, -0.15) is 0 Å². The third-order valence-electron chi connectivity index (χ3n) is 2.81. The fourth-order valence-corrected chi connectivity index (χ4v) is 1.67. The molecule has 1 atom stereocenters. The van der Waals surface area contributed by atoms with Crippen LogP contribution in [0.25, 0.3) is 0 Å². The molecule has 0 radical (unpaired) electrons. The Bertz CT molecular complexity index is 457. The summed E-state index contributed by atoms with van der Waals surface area (Å²) in [5.41, 5.74) is 0.607. The Kier molecular flexibility index (Phi) is 6.62. The molecule has 102 valence electrons. The lowest BCUT2D eigenvalue weighted by Crippen LogP contribution is -1.94. The normalized spacial score (nSPS) is 11.5. The first-order valence-electron chi connectivity index (χ1n) is 6.56. The Balaban J connectivity index is 2.47. The van der Waals surface area contributed by atoms with Crippen molar-refractivity contribution in [1.29, 1.82) is 0 Å². The van der Waals surface area contributed by atoms with Crippen LogP contribution >= 0.6 is 0 Å². The number of nitrogens with zero attached hydrogens (tertiary/aromatic N) is 1. The molecule has 0 spiro atoms. The number of hydrogen-bond acceptors (Lipinski definition) is 3. The molecule has 0 aliphatic rings. The highest BCUT2D eigenvalue weighted by molar-refractivity contribution is 5.35. The molecule has 0 bridgehead atoms. The van der Waals surface area contributed by atoms with E-state index in [0.29, 0.717) is 5.56 Å². The molecule has 0 heterocycles. The molecule has 0 aliphatic heterocycles. The van der Waals surface area contributed by atoms with Crippen LogP contribution < -0.4 is 0 Å². The maximum absolute atomic E-state index is 10.5. The summed E-state index contributed by atoms with van der Waals surface area (Å²) >= 11 is 0. The average molecular weight is 261 g/mol. The quantitative estimate of drug-likeness (QED) is 0.368. The van der Waals surface area contributed by atoms with Crippen LogP contribution in [0.15, 0.2) is 24.3 Å². The number of non-ortho nitro benzene ring substituents is 1. The molecule has 1 aromatic carbocycles. The number of nitro benzene ring substituents is 1. The number of hydrogen-bond donors (Lipinski definition) is 1. The van der Waals surface area contributed by atoms with Crippen LogP contribution in [0.2, 0.25) is 0 Å². The van der Waals surface area contributed by atoms with Gasteiger partial charge in [0, 0.05) is 18.6 Å². The van der Waals surface area contributed by atoms with Crippen LogP contribution in [0.5, 0.6) is 0 Å². The molecule has 1 N–H and O–H groups in total. The lowest BCUT2D eigenvalue weighted by Gasteiger charge is -2.02. The van der Waals surface area contributed by atoms with Crippen molar-refractivity contribution >= 4 is 5.69 Å². The van der Waals surface area contributed by atoms with Gasteiger partial charge in [0.15, 0.2) is 0 Å². The summed E-state index contributed by atoms with van der Waals surface area (Å²) in [6.45, 7) is 2.16. The first-order valence-corrected chi connectivity index (χ1v) is 6.56. The summed E-state index contributed by atoms with van der Waals surface area (Å²) in [5.74, 6) is 5.71. The third-order valence-corrected chi connectivity index (χ3v) is 2.81. The smallest absolute Gasteiger partial charge is 0.269 e. The molecule has 1 unspecified atom stereocenters. The Hall–Kier alpha value is -1.86. The van der Waals surface area contributed by atoms with Gasteiger partial charge in [-0.1, -0.05) is 32.1 Å². The number of rotatable bonds is 6. The molecule has 1 aromatic rings. The van der Waals surface area contributed by atoms with Crippen molar-refractivity contribution < 1.29 is 10.0 Å². The SMILES string of the molecule is CCCCCCC#CC(O)c1ccc([N+](=O)[O-])cc1. The van der Waals surface area contributed by atoms with Crippen molar-refractivity contribution in [2.75, 3.05) is 0 Å². The molecule has 0 aromatic heterocycles. The van der Waals surface area contributed by atoms with Gasteiger partial charge in [0.1, 0.15) is 6.10 Å². The van der Waals surface area contributed by atoms with Crippen molar-refractivity contribution in [1.82, 2.24) is 0 Å². The monoisotopic (exact) mass is 261 g/mol.